The number of amides is 1. The van der Waals surface area contributed by atoms with Crippen molar-refractivity contribution in [3.8, 4) is 11.6 Å². The van der Waals surface area contributed by atoms with Gasteiger partial charge >= 0.3 is 5.91 Å². The van der Waals surface area contributed by atoms with E-state index in [0.717, 1.165) is 11.1 Å². The van der Waals surface area contributed by atoms with Crippen LogP contribution in [0.5, 0.6) is 11.6 Å². The minimum Gasteiger partial charge on any atom is -0.493 e. The standard InChI is InChI=1S/C19H18ClN3O3/c1-11-10-13(20)8-9-16(11)26-12(2)18(24)22-21-17-14-6-4-5-7-15(14)23(3)19(17)25/h4-10,12,25H,1-3H3. The zero-order valence-electron chi connectivity index (χ0n) is 14.6. The number of fused-ring (bicyclic) bond motifs is 1. The maximum Gasteiger partial charge on any atom is 0.304 e. The Morgan fingerprint density at radius 2 is 2.00 bits per heavy atom. The van der Waals surface area contributed by atoms with Crippen LogP contribution in [0, 0.1) is 6.92 Å². The highest BCUT2D eigenvalue weighted by molar-refractivity contribution is 6.30. The third-order valence-corrected chi connectivity index (χ3v) is 4.32. The Morgan fingerprint density at radius 3 is 2.73 bits per heavy atom. The molecule has 3 rings (SSSR count). The molecule has 134 valence electrons. The van der Waals surface area contributed by atoms with Crippen LogP contribution >= 0.6 is 11.6 Å². The number of nitrogens with zero attached hydrogens (tertiary/aromatic N) is 3. The molecule has 26 heavy (non-hydrogen) atoms. The smallest absolute Gasteiger partial charge is 0.304 e. The molecule has 0 fully saturated rings. The number of aryl methyl sites for hydroxylation is 2. The van der Waals surface area contributed by atoms with Gasteiger partial charge in [-0.3, -0.25) is 4.79 Å². The number of hydrogen-bond donors (Lipinski definition) is 1. The molecule has 0 aliphatic rings. The molecule has 0 saturated carbocycles. The summed E-state index contributed by atoms with van der Waals surface area (Å²) in [5, 5.41) is 19.2. The molecule has 1 aromatic heterocycles. The van der Waals surface area contributed by atoms with Gasteiger partial charge in [-0.25, -0.2) is 0 Å². The maximum absolute atomic E-state index is 12.3. The molecule has 1 unspecified atom stereocenters. The summed E-state index contributed by atoms with van der Waals surface area (Å²) in [7, 11) is 1.72. The SMILES string of the molecule is Cc1cc(Cl)ccc1OC(C)C(=O)N=Nc1c(O)n(C)c2ccccc12. The number of carbonyl (C=O) groups excluding carboxylic acids is 1. The number of azo groups is 1. The summed E-state index contributed by atoms with van der Waals surface area (Å²) in [5.74, 6) is -0.0463. The molecule has 0 spiro atoms. The van der Waals surface area contributed by atoms with Crippen LogP contribution in [0.15, 0.2) is 52.7 Å². The van der Waals surface area contributed by atoms with E-state index < -0.39 is 12.0 Å². The number of aromatic hydroxyl groups is 1. The Labute approximate surface area is 155 Å². The highest BCUT2D eigenvalue weighted by Crippen LogP contribution is 2.37. The number of halogens is 1. The average molecular weight is 372 g/mol. The van der Waals surface area contributed by atoms with Crippen molar-refractivity contribution in [1.82, 2.24) is 4.57 Å². The molecule has 6 nitrogen and oxygen atoms in total. The molecular weight excluding hydrogens is 354 g/mol. The van der Waals surface area contributed by atoms with Gasteiger partial charge in [-0.05, 0) is 43.7 Å². The first-order chi connectivity index (χ1) is 12.4. The first-order valence-corrected chi connectivity index (χ1v) is 8.41. The largest absolute Gasteiger partial charge is 0.493 e. The Bertz CT molecular complexity index is 1010. The summed E-state index contributed by atoms with van der Waals surface area (Å²) < 4.78 is 7.23. The van der Waals surface area contributed by atoms with Crippen molar-refractivity contribution in [2.75, 3.05) is 0 Å². The van der Waals surface area contributed by atoms with Crippen LogP contribution in [0.25, 0.3) is 10.9 Å². The molecular formula is C19H18ClN3O3. The third kappa shape index (κ3) is 3.41. The molecule has 1 atom stereocenters. The van der Waals surface area contributed by atoms with E-state index in [1.807, 2.05) is 31.2 Å². The normalized spacial score (nSPS) is 12.6. The number of carbonyl (C=O) groups is 1. The molecule has 1 heterocycles. The molecule has 2 aromatic carbocycles. The van der Waals surface area contributed by atoms with E-state index in [-0.39, 0.29) is 11.6 Å². The Hall–Kier alpha value is -2.86. The van der Waals surface area contributed by atoms with Crippen LogP contribution in [-0.4, -0.2) is 21.7 Å². The molecule has 1 N–H and O–H groups in total. The van der Waals surface area contributed by atoms with E-state index in [2.05, 4.69) is 10.2 Å². The Balaban J connectivity index is 1.80. The average Bonchev–Trinajstić information content (AvgIpc) is 2.86. The lowest BCUT2D eigenvalue weighted by atomic mass is 10.2. The van der Waals surface area contributed by atoms with Gasteiger partial charge < -0.3 is 14.4 Å². The van der Waals surface area contributed by atoms with E-state index in [0.29, 0.717) is 16.2 Å². The summed E-state index contributed by atoms with van der Waals surface area (Å²) in [6.07, 6.45) is -0.823. The molecule has 0 aliphatic heterocycles. The molecule has 0 aliphatic carbocycles. The number of aromatic nitrogens is 1. The molecule has 0 radical (unpaired) electrons. The second-order valence-corrected chi connectivity index (χ2v) is 6.39. The van der Waals surface area contributed by atoms with Gasteiger partial charge in [0.05, 0.1) is 5.52 Å². The number of ether oxygens (including phenoxy) is 1. The predicted molar refractivity (Wildman–Crippen MR) is 100 cm³/mol. The fourth-order valence-corrected chi connectivity index (χ4v) is 2.85. The van der Waals surface area contributed by atoms with Crippen molar-refractivity contribution in [2.24, 2.45) is 17.3 Å². The van der Waals surface area contributed by atoms with Crippen molar-refractivity contribution < 1.29 is 14.6 Å². The Kier molecular flexibility index (Phi) is 4.95. The number of benzene rings is 2. The molecule has 7 heteroatoms. The van der Waals surface area contributed by atoms with Crippen LogP contribution in [-0.2, 0) is 11.8 Å². The summed E-state index contributed by atoms with van der Waals surface area (Å²) >= 11 is 5.92. The van der Waals surface area contributed by atoms with Gasteiger partial charge in [0.15, 0.2) is 11.8 Å². The zero-order chi connectivity index (χ0) is 18.8. The monoisotopic (exact) mass is 371 g/mol. The van der Waals surface area contributed by atoms with Crippen LogP contribution in [0.4, 0.5) is 5.69 Å². The minimum absolute atomic E-state index is 0.0510. The van der Waals surface area contributed by atoms with Gasteiger partial charge in [0.2, 0.25) is 5.88 Å². The van der Waals surface area contributed by atoms with Gasteiger partial charge in [-0.2, -0.15) is 0 Å². The maximum atomic E-state index is 12.3. The van der Waals surface area contributed by atoms with Crippen LogP contribution in [0.3, 0.4) is 0 Å². The van der Waals surface area contributed by atoms with Gasteiger partial charge in [-0.1, -0.05) is 29.8 Å². The lowest BCUT2D eigenvalue weighted by Crippen LogP contribution is -2.21. The second-order valence-electron chi connectivity index (χ2n) is 5.96. The van der Waals surface area contributed by atoms with Crippen molar-refractivity contribution in [3.05, 3.63) is 53.1 Å². The lowest BCUT2D eigenvalue weighted by Gasteiger charge is -2.13. The van der Waals surface area contributed by atoms with Gasteiger partial charge in [0, 0.05) is 17.5 Å². The molecule has 1 amide bonds. The fraction of sp³-hybridized carbons (Fsp3) is 0.211. The molecule has 0 saturated heterocycles. The molecule has 0 bridgehead atoms. The fourth-order valence-electron chi connectivity index (χ4n) is 2.62. The summed E-state index contributed by atoms with van der Waals surface area (Å²) in [6.45, 7) is 3.44. The van der Waals surface area contributed by atoms with Gasteiger partial charge in [0.1, 0.15) is 5.75 Å². The van der Waals surface area contributed by atoms with Gasteiger partial charge in [0.25, 0.3) is 0 Å². The first-order valence-electron chi connectivity index (χ1n) is 8.03. The summed E-state index contributed by atoms with van der Waals surface area (Å²) in [6, 6.07) is 12.5. The van der Waals surface area contributed by atoms with Crippen molar-refractivity contribution >= 4 is 34.1 Å². The van der Waals surface area contributed by atoms with Gasteiger partial charge in [-0.15, -0.1) is 10.2 Å². The second kappa shape index (κ2) is 7.17. The Morgan fingerprint density at radius 1 is 1.27 bits per heavy atom. The van der Waals surface area contributed by atoms with E-state index >= 15 is 0 Å². The van der Waals surface area contributed by atoms with Crippen LogP contribution in [0.1, 0.15) is 12.5 Å². The summed E-state index contributed by atoms with van der Waals surface area (Å²) in [5.41, 5.74) is 1.87. The van der Waals surface area contributed by atoms with E-state index in [4.69, 9.17) is 16.3 Å². The lowest BCUT2D eigenvalue weighted by molar-refractivity contribution is -0.124. The van der Waals surface area contributed by atoms with E-state index in [1.54, 1.807) is 36.7 Å². The van der Waals surface area contributed by atoms with Crippen LogP contribution < -0.4 is 4.74 Å². The summed E-state index contributed by atoms with van der Waals surface area (Å²) in [4.78, 5) is 12.3. The highest BCUT2D eigenvalue weighted by Gasteiger charge is 2.18. The van der Waals surface area contributed by atoms with Crippen molar-refractivity contribution in [2.45, 2.75) is 20.0 Å². The van der Waals surface area contributed by atoms with Crippen molar-refractivity contribution in [3.63, 3.8) is 0 Å². The number of hydrogen-bond acceptors (Lipinski definition) is 4. The first kappa shape index (κ1) is 17.9. The zero-order valence-corrected chi connectivity index (χ0v) is 15.4. The number of para-hydroxylation sites is 1. The van der Waals surface area contributed by atoms with E-state index in [9.17, 15) is 9.90 Å². The predicted octanol–water partition coefficient (Wildman–Crippen LogP) is 4.92. The molecule has 3 aromatic rings. The third-order valence-electron chi connectivity index (χ3n) is 4.09. The minimum atomic E-state index is -0.823. The van der Waals surface area contributed by atoms with E-state index in [1.165, 1.54) is 0 Å². The highest BCUT2D eigenvalue weighted by atomic mass is 35.5. The topological polar surface area (TPSA) is 76.2 Å². The van der Waals surface area contributed by atoms with Crippen molar-refractivity contribution in [1.29, 1.82) is 0 Å². The van der Waals surface area contributed by atoms with Crippen LogP contribution in [0.2, 0.25) is 5.02 Å². The quantitative estimate of drug-likeness (QED) is 0.661. The number of rotatable bonds is 4.